The highest BCUT2D eigenvalue weighted by molar-refractivity contribution is 7.88. The van der Waals surface area contributed by atoms with Crippen molar-refractivity contribution in [1.29, 1.82) is 0 Å². The minimum absolute atomic E-state index is 0.0326. The van der Waals surface area contributed by atoms with Crippen LogP contribution < -0.4 is 14.8 Å². The van der Waals surface area contributed by atoms with E-state index in [1.54, 1.807) is 6.07 Å². The highest BCUT2D eigenvalue weighted by atomic mass is 32.2. The van der Waals surface area contributed by atoms with Crippen LogP contribution in [0.5, 0.6) is 5.75 Å². The summed E-state index contributed by atoms with van der Waals surface area (Å²) in [6.07, 6.45) is 1.65. The fourth-order valence-electron chi connectivity index (χ4n) is 2.72. The summed E-state index contributed by atoms with van der Waals surface area (Å²) in [7, 11) is -1.91. The number of hydrogen-bond donors (Lipinski definition) is 2. The van der Waals surface area contributed by atoms with Crippen LogP contribution in [0.3, 0.4) is 0 Å². The standard InChI is InChI=1S/C13H19N3O5S/c1-21-9-3-4-13(16(17)18)10(7-9)11-8-14-6-5-12(11)15-22(2,19)20/h3-4,7,11-12,14-15H,5-6,8H2,1-2H3. The van der Waals surface area contributed by atoms with Crippen molar-refractivity contribution in [3.8, 4) is 5.75 Å². The average molecular weight is 329 g/mol. The number of ether oxygens (including phenoxy) is 1. The van der Waals surface area contributed by atoms with Gasteiger partial charge in [0.15, 0.2) is 0 Å². The van der Waals surface area contributed by atoms with E-state index in [4.69, 9.17) is 4.74 Å². The van der Waals surface area contributed by atoms with Crippen molar-refractivity contribution >= 4 is 15.7 Å². The third-order valence-electron chi connectivity index (χ3n) is 3.68. The fourth-order valence-corrected chi connectivity index (χ4v) is 3.56. The maximum absolute atomic E-state index is 11.5. The van der Waals surface area contributed by atoms with Gasteiger partial charge in [0.25, 0.3) is 5.69 Å². The van der Waals surface area contributed by atoms with Gasteiger partial charge in [0.05, 0.1) is 18.3 Å². The molecule has 122 valence electrons. The average Bonchev–Trinajstić information content (AvgIpc) is 2.45. The summed E-state index contributed by atoms with van der Waals surface area (Å²) in [5.41, 5.74) is 0.438. The largest absolute Gasteiger partial charge is 0.497 e. The predicted octanol–water partition coefficient (Wildman–Crippen LogP) is 0.598. The molecule has 1 aliphatic rings. The third-order valence-corrected chi connectivity index (χ3v) is 4.41. The smallest absolute Gasteiger partial charge is 0.273 e. The molecule has 1 fully saturated rings. The van der Waals surface area contributed by atoms with Crippen LogP contribution in [0.2, 0.25) is 0 Å². The third kappa shape index (κ3) is 3.93. The number of piperidine rings is 1. The Morgan fingerprint density at radius 2 is 2.18 bits per heavy atom. The van der Waals surface area contributed by atoms with Gasteiger partial charge >= 0.3 is 0 Å². The van der Waals surface area contributed by atoms with Crippen molar-refractivity contribution in [2.24, 2.45) is 0 Å². The molecule has 1 aliphatic heterocycles. The van der Waals surface area contributed by atoms with E-state index in [0.717, 1.165) is 6.26 Å². The second-order valence-electron chi connectivity index (χ2n) is 5.28. The van der Waals surface area contributed by atoms with Gasteiger partial charge in [-0.3, -0.25) is 10.1 Å². The van der Waals surface area contributed by atoms with E-state index >= 15 is 0 Å². The predicted molar refractivity (Wildman–Crippen MR) is 81.6 cm³/mol. The normalized spacial score (nSPS) is 22.3. The second-order valence-corrected chi connectivity index (χ2v) is 7.06. The zero-order valence-electron chi connectivity index (χ0n) is 12.4. The number of nitro groups is 1. The molecule has 2 atom stereocenters. The summed E-state index contributed by atoms with van der Waals surface area (Å²) in [6, 6.07) is 4.13. The first-order valence-electron chi connectivity index (χ1n) is 6.82. The van der Waals surface area contributed by atoms with Crippen LogP contribution in [-0.4, -0.2) is 45.8 Å². The highest BCUT2D eigenvalue weighted by Gasteiger charge is 2.33. The van der Waals surface area contributed by atoms with Crippen LogP contribution in [0.25, 0.3) is 0 Å². The maximum atomic E-state index is 11.5. The molecule has 0 aliphatic carbocycles. The molecule has 0 radical (unpaired) electrons. The van der Waals surface area contributed by atoms with Gasteiger partial charge in [0, 0.05) is 30.1 Å². The van der Waals surface area contributed by atoms with E-state index in [0.29, 0.717) is 30.8 Å². The summed E-state index contributed by atoms with van der Waals surface area (Å²) in [6.45, 7) is 1.11. The van der Waals surface area contributed by atoms with E-state index in [9.17, 15) is 18.5 Å². The van der Waals surface area contributed by atoms with Gasteiger partial charge in [-0.25, -0.2) is 13.1 Å². The molecule has 8 nitrogen and oxygen atoms in total. The van der Waals surface area contributed by atoms with Crippen molar-refractivity contribution in [1.82, 2.24) is 10.0 Å². The zero-order chi connectivity index (χ0) is 16.3. The molecule has 0 saturated carbocycles. The minimum atomic E-state index is -3.39. The molecule has 9 heteroatoms. The molecule has 1 aromatic carbocycles. The van der Waals surface area contributed by atoms with Gasteiger partial charge in [-0.15, -0.1) is 0 Å². The van der Waals surface area contributed by atoms with Crippen molar-refractivity contribution in [3.05, 3.63) is 33.9 Å². The molecular formula is C13H19N3O5S. The summed E-state index contributed by atoms with van der Waals surface area (Å²) < 4.78 is 30.8. The Morgan fingerprint density at radius 1 is 1.45 bits per heavy atom. The molecule has 1 saturated heterocycles. The van der Waals surface area contributed by atoms with Gasteiger partial charge in [0.2, 0.25) is 10.0 Å². The number of benzene rings is 1. The Morgan fingerprint density at radius 3 is 2.77 bits per heavy atom. The van der Waals surface area contributed by atoms with Crippen molar-refractivity contribution < 1.29 is 18.1 Å². The Labute approximate surface area is 129 Å². The number of nitrogens with one attached hydrogen (secondary N) is 2. The van der Waals surface area contributed by atoms with Crippen LogP contribution in [0.15, 0.2) is 18.2 Å². The van der Waals surface area contributed by atoms with Gasteiger partial charge in [0.1, 0.15) is 5.75 Å². The number of nitrogens with zero attached hydrogens (tertiary/aromatic N) is 1. The summed E-state index contributed by atoms with van der Waals surface area (Å²) in [5, 5.41) is 14.4. The van der Waals surface area contributed by atoms with Crippen LogP contribution in [0.4, 0.5) is 5.69 Å². The lowest BCUT2D eigenvalue weighted by Gasteiger charge is -2.32. The van der Waals surface area contributed by atoms with Crippen molar-refractivity contribution in [3.63, 3.8) is 0 Å². The number of hydrogen-bond acceptors (Lipinski definition) is 6. The lowest BCUT2D eigenvalue weighted by Crippen LogP contribution is -2.48. The summed E-state index contributed by atoms with van der Waals surface area (Å²) in [4.78, 5) is 10.8. The molecule has 22 heavy (non-hydrogen) atoms. The molecule has 2 N–H and O–H groups in total. The van der Waals surface area contributed by atoms with E-state index < -0.39 is 14.9 Å². The van der Waals surface area contributed by atoms with Crippen LogP contribution in [0.1, 0.15) is 17.9 Å². The lowest BCUT2D eigenvalue weighted by molar-refractivity contribution is -0.385. The first-order chi connectivity index (χ1) is 10.3. The SMILES string of the molecule is COc1ccc([N+](=O)[O-])c(C2CNCCC2NS(C)(=O)=O)c1. The van der Waals surface area contributed by atoms with Crippen molar-refractivity contribution in [2.75, 3.05) is 26.5 Å². The second kappa shape index (κ2) is 6.59. The van der Waals surface area contributed by atoms with E-state index in [1.165, 1.54) is 19.2 Å². The first-order valence-corrected chi connectivity index (χ1v) is 8.71. The zero-order valence-corrected chi connectivity index (χ0v) is 13.2. The summed E-state index contributed by atoms with van der Waals surface area (Å²) in [5.74, 6) is 0.170. The Bertz CT molecular complexity index is 662. The van der Waals surface area contributed by atoms with Crippen LogP contribution in [-0.2, 0) is 10.0 Å². The highest BCUT2D eigenvalue weighted by Crippen LogP contribution is 2.34. The Hall–Kier alpha value is -1.71. The van der Waals surface area contributed by atoms with Gasteiger partial charge in [-0.1, -0.05) is 0 Å². The molecule has 1 aromatic rings. The van der Waals surface area contributed by atoms with E-state index in [1.807, 2.05) is 0 Å². The lowest BCUT2D eigenvalue weighted by atomic mass is 9.86. The number of methoxy groups -OCH3 is 1. The molecular weight excluding hydrogens is 310 g/mol. The minimum Gasteiger partial charge on any atom is -0.497 e. The molecule has 0 amide bonds. The number of rotatable bonds is 5. The van der Waals surface area contributed by atoms with E-state index in [2.05, 4.69) is 10.0 Å². The first kappa shape index (κ1) is 16.7. The van der Waals surface area contributed by atoms with Crippen LogP contribution in [0, 0.1) is 10.1 Å². The molecule has 0 spiro atoms. The Kier molecular flexibility index (Phi) is 4.99. The van der Waals surface area contributed by atoms with Crippen molar-refractivity contribution in [2.45, 2.75) is 18.4 Å². The maximum Gasteiger partial charge on any atom is 0.273 e. The summed E-state index contributed by atoms with van der Waals surface area (Å²) >= 11 is 0. The number of nitro benzene ring substituents is 1. The molecule has 1 heterocycles. The fraction of sp³-hybridized carbons (Fsp3) is 0.538. The molecule has 0 aromatic heterocycles. The van der Waals surface area contributed by atoms with E-state index in [-0.39, 0.29) is 17.6 Å². The van der Waals surface area contributed by atoms with Crippen LogP contribution >= 0.6 is 0 Å². The Balaban J connectivity index is 2.43. The molecule has 2 unspecified atom stereocenters. The topological polar surface area (TPSA) is 111 Å². The van der Waals surface area contributed by atoms with Gasteiger partial charge in [-0.2, -0.15) is 0 Å². The monoisotopic (exact) mass is 329 g/mol. The van der Waals surface area contributed by atoms with Gasteiger partial charge in [-0.05, 0) is 25.1 Å². The quantitative estimate of drug-likeness (QED) is 0.604. The molecule has 2 rings (SSSR count). The number of sulfonamides is 1. The van der Waals surface area contributed by atoms with Gasteiger partial charge < -0.3 is 10.1 Å². The molecule has 0 bridgehead atoms.